The number of fused-ring (bicyclic) bond motifs is 3. The van der Waals surface area contributed by atoms with Crippen molar-refractivity contribution in [3.05, 3.63) is 47.6 Å². The summed E-state index contributed by atoms with van der Waals surface area (Å²) in [7, 11) is 4.60. The molecule has 2 saturated heterocycles. The summed E-state index contributed by atoms with van der Waals surface area (Å²) in [6.45, 7) is 14.2. The predicted octanol–water partition coefficient (Wildman–Crippen LogP) is 6.23. The second-order valence-corrected chi connectivity index (χ2v) is 21.4. The van der Waals surface area contributed by atoms with E-state index in [4.69, 9.17) is 37.9 Å². The highest BCUT2D eigenvalue weighted by Gasteiger charge is 2.53. The third-order valence-corrected chi connectivity index (χ3v) is 15.6. The molecule has 1 aliphatic carbocycles. The van der Waals surface area contributed by atoms with E-state index in [1.165, 1.54) is 12.0 Å². The van der Waals surface area contributed by atoms with Crippen LogP contribution in [-0.2, 0) is 61.9 Å². The van der Waals surface area contributed by atoms with Gasteiger partial charge in [0.05, 0.1) is 64.1 Å². The van der Waals surface area contributed by atoms with Crippen LogP contribution in [0.15, 0.2) is 47.6 Å². The highest BCUT2D eigenvalue weighted by molar-refractivity contribution is 6.39. The molecule has 15 atom stereocenters. The van der Waals surface area contributed by atoms with Gasteiger partial charge in [0, 0.05) is 58.5 Å². The van der Waals surface area contributed by atoms with Crippen LogP contribution in [-0.4, -0.2) is 172 Å². The van der Waals surface area contributed by atoms with E-state index in [0.29, 0.717) is 76.8 Å². The molecule has 3 N–H and O–H groups in total. The average Bonchev–Trinajstić information content (AvgIpc) is 3.38. The first kappa shape index (κ1) is 63.0. The standard InChI is InChI=1S/C57H91NO16/c1-36-16-12-11-13-17-37(2)48(72-29-28-70-27-26-67-8)34-44-21-19-42(7)57(66,74-44)54(63)55(64)58-23-15-14-18-45(58)56(65)73-49(39(4)32-43-20-22-47(71-25-24-59)50(33-43)68-9)35-46(60)38(3)31-41(6)52(62)53(69-10)51(61)40(5)30-36/h11-13,16-17,31,36,38-40,42-45,47-50,52-53,59,62,66H,14-15,18-30,32-35H2,1-10H3/b13-11+,16-12+,37-17+,41-31+/t36-,38-,39-,40-,42-,43+,44+,45+,47-,48?,49+,50-,52+,53+,57-/m1/s1. The number of carbonyl (C=O) groups excluding carboxylic acids is 5. The molecule has 2 bridgehead atoms. The molecule has 1 saturated carbocycles. The van der Waals surface area contributed by atoms with Gasteiger partial charge in [0.25, 0.3) is 11.7 Å². The van der Waals surface area contributed by atoms with E-state index in [1.807, 2.05) is 58.1 Å². The van der Waals surface area contributed by atoms with Gasteiger partial charge in [-0.3, -0.25) is 19.2 Å². The molecule has 0 aromatic heterocycles. The fourth-order valence-electron chi connectivity index (χ4n) is 10.9. The third kappa shape index (κ3) is 18.3. The number of piperidine rings is 1. The van der Waals surface area contributed by atoms with Crippen LogP contribution in [0.5, 0.6) is 0 Å². The van der Waals surface area contributed by atoms with E-state index in [0.717, 1.165) is 12.0 Å². The number of ketones is 3. The molecule has 0 aromatic carbocycles. The van der Waals surface area contributed by atoms with Crippen LogP contribution in [0, 0.1) is 35.5 Å². The van der Waals surface area contributed by atoms with Gasteiger partial charge in [0.2, 0.25) is 5.79 Å². The number of ether oxygens (including phenoxy) is 8. The molecule has 74 heavy (non-hydrogen) atoms. The lowest BCUT2D eigenvalue weighted by Gasteiger charge is -2.43. The van der Waals surface area contributed by atoms with Gasteiger partial charge in [-0.15, -0.1) is 0 Å². The Hall–Kier alpha value is -3.49. The Bertz CT molecular complexity index is 1920. The van der Waals surface area contributed by atoms with E-state index in [1.54, 1.807) is 41.1 Å². The van der Waals surface area contributed by atoms with Crippen molar-refractivity contribution in [2.24, 2.45) is 35.5 Å². The van der Waals surface area contributed by atoms with Crippen LogP contribution < -0.4 is 0 Å². The number of cyclic esters (lactones) is 1. The number of aliphatic hydroxyl groups excluding tert-OH is 2. The van der Waals surface area contributed by atoms with E-state index in [-0.39, 0.29) is 87.2 Å². The summed E-state index contributed by atoms with van der Waals surface area (Å²) in [5.41, 5.74) is 1.22. The largest absolute Gasteiger partial charge is 0.460 e. The Kier molecular flexibility index (Phi) is 27.0. The molecule has 3 aliphatic heterocycles. The molecular formula is C57H91NO16. The normalized spacial score (nSPS) is 37.0. The van der Waals surface area contributed by atoms with Crippen molar-refractivity contribution in [2.45, 2.75) is 180 Å². The number of methoxy groups -OCH3 is 3. The minimum absolute atomic E-state index is 0.00969. The zero-order chi connectivity index (χ0) is 54.5. The first-order chi connectivity index (χ1) is 35.3. The lowest BCUT2D eigenvalue weighted by Crippen LogP contribution is -2.61. The van der Waals surface area contributed by atoms with Gasteiger partial charge in [-0.2, -0.15) is 0 Å². The van der Waals surface area contributed by atoms with Crippen molar-refractivity contribution in [3.63, 3.8) is 0 Å². The van der Waals surface area contributed by atoms with E-state index < -0.39 is 77.8 Å². The van der Waals surface area contributed by atoms with Gasteiger partial charge >= 0.3 is 5.97 Å². The van der Waals surface area contributed by atoms with Gasteiger partial charge in [0.15, 0.2) is 5.78 Å². The Morgan fingerprint density at radius 2 is 1.55 bits per heavy atom. The van der Waals surface area contributed by atoms with Crippen LogP contribution in [0.3, 0.4) is 0 Å². The van der Waals surface area contributed by atoms with E-state index in [9.17, 15) is 39.3 Å². The van der Waals surface area contributed by atoms with Crippen molar-refractivity contribution in [1.29, 1.82) is 0 Å². The molecule has 420 valence electrons. The number of amides is 1. The molecule has 3 heterocycles. The summed E-state index contributed by atoms with van der Waals surface area (Å²) in [5, 5.41) is 33.1. The minimum Gasteiger partial charge on any atom is -0.460 e. The Balaban J connectivity index is 1.71. The molecule has 4 aliphatic rings. The molecule has 17 nitrogen and oxygen atoms in total. The summed E-state index contributed by atoms with van der Waals surface area (Å²) in [6, 6.07) is -1.17. The topological polar surface area (TPSA) is 223 Å². The lowest BCUT2D eigenvalue weighted by atomic mass is 9.78. The maximum absolute atomic E-state index is 14.6. The smallest absolute Gasteiger partial charge is 0.329 e. The summed E-state index contributed by atoms with van der Waals surface area (Å²) in [6.07, 6.45) is 11.5. The summed E-state index contributed by atoms with van der Waals surface area (Å²) >= 11 is 0. The quantitative estimate of drug-likeness (QED) is 0.0716. The number of hydrogen-bond acceptors (Lipinski definition) is 16. The van der Waals surface area contributed by atoms with Gasteiger partial charge in [0.1, 0.15) is 30.1 Å². The monoisotopic (exact) mass is 1050 g/mol. The van der Waals surface area contributed by atoms with Gasteiger partial charge in [-0.25, -0.2) is 4.79 Å². The molecule has 3 fully saturated rings. The highest BCUT2D eigenvalue weighted by Crippen LogP contribution is 2.38. The first-order valence-electron chi connectivity index (χ1n) is 27.2. The van der Waals surface area contributed by atoms with E-state index in [2.05, 4.69) is 0 Å². The van der Waals surface area contributed by atoms with Crippen molar-refractivity contribution in [1.82, 2.24) is 4.90 Å². The van der Waals surface area contributed by atoms with Crippen LogP contribution >= 0.6 is 0 Å². The van der Waals surface area contributed by atoms with Gasteiger partial charge in [-0.05, 0) is 107 Å². The van der Waals surface area contributed by atoms with E-state index >= 15 is 0 Å². The SMILES string of the molecule is COCCOCCOC1C[C@@H]2CC[C@@H](C)[C@@](O)(O2)C(=O)C(=O)N2CCCC[C@H]2C(=O)O[C@H]([C@H](C)C[C@@H]2CC[C@@H](OCCO)[C@H](OC)C2)CC(=O)[C@H](C)/C=C(\C)[C@H](O)[C@@H](OC)C(=O)[C@H](C)C[C@H](C)/C=C/C=C/C=C/1C. The number of hydrogen-bond donors (Lipinski definition) is 3. The lowest BCUT2D eigenvalue weighted by molar-refractivity contribution is -0.266. The Labute approximate surface area is 440 Å². The zero-order valence-electron chi connectivity index (χ0n) is 46.1. The number of nitrogens with zero attached hydrogens (tertiary/aromatic N) is 1. The zero-order valence-corrected chi connectivity index (χ0v) is 46.1. The molecular weight excluding hydrogens is 955 g/mol. The molecule has 1 unspecified atom stereocenters. The molecule has 1 amide bonds. The van der Waals surface area contributed by atoms with Gasteiger partial charge in [-0.1, -0.05) is 71.1 Å². The van der Waals surface area contributed by atoms with Crippen molar-refractivity contribution < 1.29 is 77.2 Å². The summed E-state index contributed by atoms with van der Waals surface area (Å²) in [5.74, 6) is -8.19. The Morgan fingerprint density at radius 3 is 2.26 bits per heavy atom. The molecule has 17 heteroatoms. The number of aliphatic hydroxyl groups is 3. The number of allylic oxidation sites excluding steroid dienone is 6. The molecule has 4 rings (SSSR count). The average molecular weight is 1050 g/mol. The second-order valence-electron chi connectivity index (χ2n) is 21.4. The first-order valence-corrected chi connectivity index (χ1v) is 27.2. The molecule has 0 spiro atoms. The Morgan fingerprint density at radius 1 is 0.811 bits per heavy atom. The maximum Gasteiger partial charge on any atom is 0.329 e. The van der Waals surface area contributed by atoms with Crippen LogP contribution in [0.25, 0.3) is 0 Å². The van der Waals surface area contributed by atoms with Crippen molar-refractivity contribution >= 4 is 29.2 Å². The molecule has 0 aromatic rings. The fourth-order valence-corrected chi connectivity index (χ4v) is 10.9. The maximum atomic E-state index is 14.6. The fraction of sp³-hybridized carbons (Fsp3) is 0.772. The molecule has 0 radical (unpaired) electrons. The van der Waals surface area contributed by atoms with Crippen LogP contribution in [0.4, 0.5) is 0 Å². The van der Waals surface area contributed by atoms with Crippen LogP contribution in [0.2, 0.25) is 0 Å². The second kappa shape index (κ2) is 31.7. The summed E-state index contributed by atoms with van der Waals surface area (Å²) < 4.78 is 47.0. The number of carbonyl (C=O) groups is 5. The minimum atomic E-state index is -2.48. The number of esters is 1. The van der Waals surface area contributed by atoms with Crippen molar-refractivity contribution in [3.8, 4) is 0 Å². The van der Waals surface area contributed by atoms with Crippen molar-refractivity contribution in [2.75, 3.05) is 67.5 Å². The van der Waals surface area contributed by atoms with Gasteiger partial charge < -0.3 is 58.1 Å². The highest BCUT2D eigenvalue weighted by atomic mass is 16.6. The predicted molar refractivity (Wildman–Crippen MR) is 278 cm³/mol. The number of rotatable bonds is 15. The number of Topliss-reactive ketones (excluding diaryl/α,β-unsaturated/α-hetero) is 3. The summed E-state index contributed by atoms with van der Waals surface area (Å²) in [4.78, 5) is 72.8. The van der Waals surface area contributed by atoms with Crippen LogP contribution in [0.1, 0.15) is 126 Å². The third-order valence-electron chi connectivity index (χ3n) is 15.6.